The van der Waals surface area contributed by atoms with Crippen LogP contribution in [0.4, 0.5) is 0 Å². The molecule has 1 aliphatic heterocycles. The molecule has 3 aromatic rings. The van der Waals surface area contributed by atoms with Crippen molar-refractivity contribution < 1.29 is 15.0 Å². The highest BCUT2D eigenvalue weighted by Crippen LogP contribution is 2.32. The minimum Gasteiger partial charge on any atom is -0.507 e. The molecule has 3 N–H and O–H groups in total. The Bertz CT molecular complexity index is 1040. The molecule has 142 valence electrons. The SMILES string of the molecule is Cn1cc(C2=NC(c3ccccc3)NC(c3ccc(C(=O)O)c(O)c3)C2)cn1. The number of aryl methyl sites for hydroxylation is 1. The molecule has 4 rings (SSSR count). The van der Waals surface area contributed by atoms with Gasteiger partial charge < -0.3 is 10.2 Å². The van der Waals surface area contributed by atoms with Crippen molar-refractivity contribution in [1.29, 1.82) is 0 Å². The molecule has 2 unspecified atom stereocenters. The van der Waals surface area contributed by atoms with E-state index in [-0.39, 0.29) is 23.5 Å². The fraction of sp³-hybridized carbons (Fsp3) is 0.190. The van der Waals surface area contributed by atoms with Gasteiger partial charge in [0.05, 0.1) is 6.20 Å². The Kier molecular flexibility index (Phi) is 4.67. The van der Waals surface area contributed by atoms with E-state index in [4.69, 9.17) is 10.1 Å². The standard InChI is InChI=1S/C21H20N4O3/c1-25-12-15(11-22-25)18-10-17(14-7-8-16(21(27)28)19(26)9-14)23-20(24-18)13-5-3-2-4-6-13/h2-9,11-12,17,20,23,26H,10H2,1H3,(H,27,28). The highest BCUT2D eigenvalue weighted by Gasteiger charge is 2.27. The Morgan fingerprint density at radius 1 is 1.18 bits per heavy atom. The minimum atomic E-state index is -1.15. The van der Waals surface area contributed by atoms with Gasteiger partial charge in [-0.15, -0.1) is 0 Å². The summed E-state index contributed by atoms with van der Waals surface area (Å²) in [6, 6.07) is 14.4. The summed E-state index contributed by atoms with van der Waals surface area (Å²) in [6.07, 6.45) is 4.06. The zero-order valence-corrected chi connectivity index (χ0v) is 15.3. The summed E-state index contributed by atoms with van der Waals surface area (Å²) in [5.41, 5.74) is 3.58. The molecule has 2 heterocycles. The van der Waals surface area contributed by atoms with E-state index in [1.807, 2.05) is 43.6 Å². The third-order valence-electron chi connectivity index (χ3n) is 4.85. The third kappa shape index (κ3) is 3.52. The number of rotatable bonds is 4. The minimum absolute atomic E-state index is 0.111. The number of carboxylic acids is 1. The van der Waals surface area contributed by atoms with Crippen molar-refractivity contribution in [2.75, 3.05) is 0 Å². The van der Waals surface area contributed by atoms with E-state index in [0.717, 1.165) is 22.4 Å². The van der Waals surface area contributed by atoms with Crippen molar-refractivity contribution in [3.8, 4) is 5.75 Å². The average molecular weight is 376 g/mol. The van der Waals surface area contributed by atoms with Gasteiger partial charge in [-0.2, -0.15) is 5.10 Å². The third-order valence-corrected chi connectivity index (χ3v) is 4.85. The highest BCUT2D eigenvalue weighted by atomic mass is 16.4. The fourth-order valence-corrected chi connectivity index (χ4v) is 3.42. The van der Waals surface area contributed by atoms with Crippen LogP contribution in [0.1, 0.15) is 45.7 Å². The normalized spacial score (nSPS) is 19.2. The average Bonchev–Trinajstić information content (AvgIpc) is 3.14. The van der Waals surface area contributed by atoms with Crippen molar-refractivity contribution in [1.82, 2.24) is 15.1 Å². The smallest absolute Gasteiger partial charge is 0.339 e. The van der Waals surface area contributed by atoms with Gasteiger partial charge in [0.2, 0.25) is 0 Å². The van der Waals surface area contributed by atoms with E-state index in [1.54, 1.807) is 16.9 Å². The van der Waals surface area contributed by atoms with Crippen LogP contribution >= 0.6 is 0 Å². The summed E-state index contributed by atoms with van der Waals surface area (Å²) in [6.45, 7) is 0. The second kappa shape index (κ2) is 7.28. The second-order valence-electron chi connectivity index (χ2n) is 6.80. The first kappa shape index (κ1) is 17.9. The van der Waals surface area contributed by atoms with Crippen LogP contribution in [0.2, 0.25) is 0 Å². The molecule has 0 bridgehead atoms. The fourth-order valence-electron chi connectivity index (χ4n) is 3.42. The molecule has 28 heavy (non-hydrogen) atoms. The number of hydrogen-bond acceptors (Lipinski definition) is 5. The number of aromatic carboxylic acids is 1. The van der Waals surface area contributed by atoms with Gasteiger partial charge in [-0.25, -0.2) is 4.79 Å². The number of carboxylic acid groups (broad SMARTS) is 1. The molecule has 2 atom stereocenters. The first-order chi connectivity index (χ1) is 13.5. The predicted molar refractivity (Wildman–Crippen MR) is 104 cm³/mol. The number of aromatic nitrogens is 2. The van der Waals surface area contributed by atoms with Crippen molar-refractivity contribution in [3.05, 3.63) is 83.2 Å². The molecule has 0 amide bonds. The molecule has 0 saturated carbocycles. The maximum absolute atomic E-state index is 11.2. The number of phenols is 1. The molecule has 0 fully saturated rings. The van der Waals surface area contributed by atoms with Crippen LogP contribution in [0.15, 0.2) is 65.9 Å². The van der Waals surface area contributed by atoms with E-state index in [1.165, 1.54) is 12.1 Å². The maximum Gasteiger partial charge on any atom is 0.339 e. The molecule has 7 heteroatoms. The van der Waals surface area contributed by atoms with E-state index in [9.17, 15) is 9.90 Å². The quantitative estimate of drug-likeness (QED) is 0.650. The summed E-state index contributed by atoms with van der Waals surface area (Å²) in [5.74, 6) is -1.39. The van der Waals surface area contributed by atoms with Gasteiger partial charge in [-0.05, 0) is 23.3 Å². The van der Waals surface area contributed by atoms with Gasteiger partial charge >= 0.3 is 5.97 Å². The van der Waals surface area contributed by atoms with E-state index in [2.05, 4.69) is 10.4 Å². The zero-order valence-electron chi connectivity index (χ0n) is 15.3. The summed E-state index contributed by atoms with van der Waals surface area (Å²) >= 11 is 0. The lowest BCUT2D eigenvalue weighted by atomic mass is 9.94. The van der Waals surface area contributed by atoms with Crippen LogP contribution in [-0.4, -0.2) is 31.7 Å². The number of hydrogen-bond donors (Lipinski definition) is 3. The molecule has 0 saturated heterocycles. The van der Waals surface area contributed by atoms with Crippen LogP contribution in [-0.2, 0) is 7.05 Å². The van der Waals surface area contributed by atoms with Gasteiger partial charge in [-0.1, -0.05) is 36.4 Å². The van der Waals surface area contributed by atoms with Gasteiger partial charge in [0, 0.05) is 37.0 Å². The summed E-state index contributed by atoms with van der Waals surface area (Å²) in [4.78, 5) is 16.1. The molecule has 0 radical (unpaired) electrons. The van der Waals surface area contributed by atoms with E-state index in [0.29, 0.717) is 6.42 Å². The Morgan fingerprint density at radius 2 is 1.96 bits per heavy atom. The van der Waals surface area contributed by atoms with Crippen LogP contribution in [0.5, 0.6) is 5.75 Å². The Morgan fingerprint density at radius 3 is 2.61 bits per heavy atom. The maximum atomic E-state index is 11.2. The number of nitrogens with one attached hydrogen (secondary N) is 1. The summed E-state index contributed by atoms with van der Waals surface area (Å²) in [5, 5.41) is 27.0. The predicted octanol–water partition coefficient (Wildman–Crippen LogP) is 3.05. The molecule has 1 aliphatic rings. The summed E-state index contributed by atoms with van der Waals surface area (Å²) < 4.78 is 1.74. The highest BCUT2D eigenvalue weighted by molar-refractivity contribution is 6.01. The first-order valence-corrected chi connectivity index (χ1v) is 8.94. The topological polar surface area (TPSA) is 99.7 Å². The van der Waals surface area contributed by atoms with Crippen LogP contribution in [0, 0.1) is 0 Å². The van der Waals surface area contributed by atoms with Gasteiger partial charge in [0.15, 0.2) is 0 Å². The number of aromatic hydroxyl groups is 1. The van der Waals surface area contributed by atoms with Gasteiger partial charge in [0.25, 0.3) is 0 Å². The number of nitrogens with zero attached hydrogens (tertiary/aromatic N) is 3. The van der Waals surface area contributed by atoms with Gasteiger partial charge in [-0.3, -0.25) is 15.0 Å². The lowest BCUT2D eigenvalue weighted by Gasteiger charge is -2.30. The molecular weight excluding hydrogens is 356 g/mol. The molecule has 2 aromatic carbocycles. The lowest BCUT2D eigenvalue weighted by molar-refractivity contribution is 0.0693. The van der Waals surface area contributed by atoms with Crippen molar-refractivity contribution >= 4 is 11.7 Å². The lowest BCUT2D eigenvalue weighted by Crippen LogP contribution is -2.33. The Hall–Kier alpha value is -3.45. The van der Waals surface area contributed by atoms with Crippen LogP contribution in [0.25, 0.3) is 0 Å². The number of benzene rings is 2. The van der Waals surface area contributed by atoms with Crippen LogP contribution < -0.4 is 5.32 Å². The van der Waals surface area contributed by atoms with E-state index < -0.39 is 5.97 Å². The largest absolute Gasteiger partial charge is 0.507 e. The molecule has 1 aromatic heterocycles. The molecule has 0 spiro atoms. The van der Waals surface area contributed by atoms with Crippen molar-refractivity contribution in [3.63, 3.8) is 0 Å². The van der Waals surface area contributed by atoms with Crippen molar-refractivity contribution in [2.45, 2.75) is 18.6 Å². The Balaban J connectivity index is 1.72. The van der Waals surface area contributed by atoms with Crippen LogP contribution in [0.3, 0.4) is 0 Å². The second-order valence-corrected chi connectivity index (χ2v) is 6.80. The molecule has 7 nitrogen and oxygen atoms in total. The molecule has 0 aliphatic carbocycles. The Labute approximate surface area is 162 Å². The number of carbonyl (C=O) groups is 1. The molecular formula is C21H20N4O3. The van der Waals surface area contributed by atoms with E-state index >= 15 is 0 Å². The summed E-state index contributed by atoms with van der Waals surface area (Å²) in [7, 11) is 1.86. The zero-order chi connectivity index (χ0) is 19.7. The van der Waals surface area contributed by atoms with Gasteiger partial charge in [0.1, 0.15) is 17.5 Å². The first-order valence-electron chi connectivity index (χ1n) is 8.94. The van der Waals surface area contributed by atoms with Crippen molar-refractivity contribution in [2.24, 2.45) is 12.0 Å². The number of aliphatic imine (C=N–C) groups is 1. The monoisotopic (exact) mass is 376 g/mol.